The average Bonchev–Trinajstić information content (AvgIpc) is 2.95. The highest BCUT2D eigenvalue weighted by Gasteiger charge is 2.39. The number of carbonyl (C=O) groups is 1. The Balaban J connectivity index is 0.00000156. The second-order valence-corrected chi connectivity index (χ2v) is 8.05. The first kappa shape index (κ1) is 22.6. The molecule has 3 N–H and O–H groups in total. The van der Waals surface area contributed by atoms with Crippen LogP contribution >= 0.6 is 40.7 Å². The molecule has 7 heteroatoms. The molecule has 25 heavy (non-hydrogen) atoms. The second kappa shape index (κ2) is 9.45. The van der Waals surface area contributed by atoms with Crippen molar-refractivity contribution in [3.63, 3.8) is 0 Å². The molecule has 1 amide bonds. The van der Waals surface area contributed by atoms with E-state index in [4.69, 9.17) is 5.73 Å². The van der Waals surface area contributed by atoms with Crippen LogP contribution < -0.4 is 16.0 Å². The molecule has 4 nitrogen and oxygen atoms in total. The Bertz CT molecular complexity index is 585. The lowest BCUT2D eigenvalue weighted by Crippen LogP contribution is -2.54. The molecule has 2 fully saturated rings. The summed E-state index contributed by atoms with van der Waals surface area (Å²) in [5.74, 6) is 0.0995. The fraction of sp³-hybridized carbons (Fsp3) is 0.611. The predicted octanol–water partition coefficient (Wildman–Crippen LogP) is 3.90. The van der Waals surface area contributed by atoms with Gasteiger partial charge in [0.1, 0.15) is 0 Å². The molecule has 3 atom stereocenters. The molecule has 1 aliphatic carbocycles. The number of hydrogen-bond donors (Lipinski definition) is 2. The van der Waals surface area contributed by atoms with Crippen LogP contribution in [0.5, 0.6) is 0 Å². The van der Waals surface area contributed by atoms with Gasteiger partial charge in [-0.1, -0.05) is 25.0 Å². The van der Waals surface area contributed by atoms with Crippen molar-refractivity contribution in [2.45, 2.75) is 50.6 Å². The maximum atomic E-state index is 12.7. The molecule has 2 aliphatic rings. The maximum Gasteiger partial charge on any atom is 0.225 e. The fourth-order valence-electron chi connectivity index (χ4n) is 3.90. The molecule has 1 aromatic rings. The quantitative estimate of drug-likeness (QED) is 0.731. The van der Waals surface area contributed by atoms with Crippen molar-refractivity contribution in [3.05, 3.63) is 28.7 Å². The van der Waals surface area contributed by atoms with E-state index in [0.717, 1.165) is 49.7 Å². The zero-order valence-corrected chi connectivity index (χ0v) is 17.8. The SMILES string of the molecule is CC1(N)CCCCC1C(=O)NC1CCN(c2ccccc2Br)C1.Cl.Cl. The number of hydrogen-bond acceptors (Lipinski definition) is 3. The third-order valence-electron chi connectivity index (χ3n) is 5.30. The van der Waals surface area contributed by atoms with Gasteiger partial charge in [-0.05, 0) is 54.2 Å². The Labute approximate surface area is 171 Å². The van der Waals surface area contributed by atoms with Gasteiger partial charge in [-0.25, -0.2) is 0 Å². The van der Waals surface area contributed by atoms with Gasteiger partial charge in [-0.2, -0.15) is 0 Å². The van der Waals surface area contributed by atoms with Crippen LogP contribution in [0.1, 0.15) is 39.0 Å². The van der Waals surface area contributed by atoms with Crippen LogP contribution in [0, 0.1) is 5.92 Å². The molecule has 1 aromatic carbocycles. The number of halogens is 3. The summed E-state index contributed by atoms with van der Waals surface area (Å²) in [6.07, 6.45) is 5.09. The number of rotatable bonds is 3. The van der Waals surface area contributed by atoms with Crippen LogP contribution in [0.25, 0.3) is 0 Å². The van der Waals surface area contributed by atoms with E-state index >= 15 is 0 Å². The van der Waals surface area contributed by atoms with Crippen LogP contribution in [0.2, 0.25) is 0 Å². The van der Waals surface area contributed by atoms with Crippen molar-refractivity contribution < 1.29 is 4.79 Å². The van der Waals surface area contributed by atoms with E-state index in [0.29, 0.717) is 0 Å². The molecule has 3 rings (SSSR count). The summed E-state index contributed by atoms with van der Waals surface area (Å²) in [6, 6.07) is 8.46. The third kappa shape index (κ3) is 5.25. The van der Waals surface area contributed by atoms with E-state index < -0.39 is 0 Å². The number of nitrogens with zero attached hydrogens (tertiary/aromatic N) is 1. The standard InChI is InChI=1S/C18H26BrN3O.2ClH/c1-18(20)10-5-4-6-14(18)17(23)21-13-9-11-22(12-13)16-8-3-2-7-15(16)19;;/h2-3,7-8,13-14H,4-6,9-12,20H2,1H3,(H,21,23);2*1H. The average molecular weight is 453 g/mol. The second-order valence-electron chi connectivity index (χ2n) is 7.20. The minimum absolute atomic E-state index is 0. The molecule has 3 unspecified atom stereocenters. The lowest BCUT2D eigenvalue weighted by Gasteiger charge is -2.37. The van der Waals surface area contributed by atoms with E-state index in [1.54, 1.807) is 0 Å². The first-order valence-corrected chi connectivity index (χ1v) is 9.35. The molecule has 1 saturated heterocycles. The number of carbonyl (C=O) groups excluding carboxylic acids is 1. The molecule has 0 spiro atoms. The summed E-state index contributed by atoms with van der Waals surface area (Å²) in [7, 11) is 0. The van der Waals surface area contributed by atoms with Gasteiger partial charge in [-0.15, -0.1) is 24.8 Å². The number of benzene rings is 1. The predicted molar refractivity (Wildman–Crippen MR) is 112 cm³/mol. The van der Waals surface area contributed by atoms with Crippen molar-refractivity contribution in [2.75, 3.05) is 18.0 Å². The van der Waals surface area contributed by atoms with Gasteiger partial charge < -0.3 is 16.0 Å². The minimum Gasteiger partial charge on any atom is -0.368 e. The molecule has 1 aliphatic heterocycles. The zero-order chi connectivity index (χ0) is 16.4. The molecule has 0 aromatic heterocycles. The number of nitrogens with one attached hydrogen (secondary N) is 1. The van der Waals surface area contributed by atoms with Crippen molar-refractivity contribution >= 4 is 52.3 Å². The van der Waals surface area contributed by atoms with Gasteiger partial charge in [0.15, 0.2) is 0 Å². The van der Waals surface area contributed by atoms with Crippen LogP contribution in [0.15, 0.2) is 28.7 Å². The molecular formula is C18H28BrCl2N3O. The van der Waals surface area contributed by atoms with E-state index in [9.17, 15) is 4.79 Å². The Kier molecular flexibility index (Phi) is 8.52. The van der Waals surface area contributed by atoms with Crippen molar-refractivity contribution in [3.8, 4) is 0 Å². The molecule has 0 radical (unpaired) electrons. The summed E-state index contributed by atoms with van der Waals surface area (Å²) in [5.41, 5.74) is 7.20. The third-order valence-corrected chi connectivity index (χ3v) is 5.97. The minimum atomic E-state index is -0.358. The Morgan fingerprint density at radius 3 is 2.68 bits per heavy atom. The number of nitrogens with two attached hydrogens (primary N) is 1. The van der Waals surface area contributed by atoms with Gasteiger partial charge in [0.05, 0.1) is 11.6 Å². The Morgan fingerprint density at radius 1 is 1.28 bits per heavy atom. The van der Waals surface area contributed by atoms with Gasteiger partial charge in [0, 0.05) is 29.1 Å². The summed E-state index contributed by atoms with van der Waals surface area (Å²) < 4.78 is 1.11. The molecular weight excluding hydrogens is 425 g/mol. The van der Waals surface area contributed by atoms with E-state index in [1.165, 1.54) is 5.69 Å². The summed E-state index contributed by atoms with van der Waals surface area (Å²) >= 11 is 3.61. The molecule has 1 heterocycles. The van der Waals surface area contributed by atoms with Gasteiger partial charge >= 0.3 is 0 Å². The number of anilines is 1. The van der Waals surface area contributed by atoms with Gasteiger partial charge in [0.2, 0.25) is 5.91 Å². The number of para-hydroxylation sites is 1. The Morgan fingerprint density at radius 2 is 2.00 bits per heavy atom. The topological polar surface area (TPSA) is 58.4 Å². The monoisotopic (exact) mass is 451 g/mol. The highest BCUT2D eigenvalue weighted by Crippen LogP contribution is 2.32. The summed E-state index contributed by atoms with van der Waals surface area (Å²) in [6.45, 7) is 3.86. The lowest BCUT2D eigenvalue weighted by atomic mass is 9.74. The Hall–Kier alpha value is -0.490. The first-order chi connectivity index (χ1) is 11.0. The van der Waals surface area contributed by atoms with E-state index in [2.05, 4.69) is 38.3 Å². The largest absolute Gasteiger partial charge is 0.368 e. The maximum absolute atomic E-state index is 12.7. The first-order valence-electron chi connectivity index (χ1n) is 8.56. The lowest BCUT2D eigenvalue weighted by molar-refractivity contribution is -0.128. The van der Waals surface area contributed by atoms with Crippen LogP contribution in [-0.4, -0.2) is 30.6 Å². The van der Waals surface area contributed by atoms with E-state index in [1.807, 2.05) is 19.1 Å². The normalized spacial score (nSPS) is 28.7. The summed E-state index contributed by atoms with van der Waals surface area (Å²) in [4.78, 5) is 15.0. The number of amides is 1. The highest BCUT2D eigenvalue weighted by atomic mass is 79.9. The van der Waals surface area contributed by atoms with Gasteiger partial charge in [0.25, 0.3) is 0 Å². The van der Waals surface area contributed by atoms with Gasteiger partial charge in [-0.3, -0.25) is 4.79 Å². The summed E-state index contributed by atoms with van der Waals surface area (Å²) in [5, 5.41) is 3.25. The zero-order valence-electron chi connectivity index (χ0n) is 14.5. The molecule has 142 valence electrons. The molecule has 0 bridgehead atoms. The highest BCUT2D eigenvalue weighted by molar-refractivity contribution is 9.10. The van der Waals surface area contributed by atoms with E-state index in [-0.39, 0.29) is 48.2 Å². The fourth-order valence-corrected chi connectivity index (χ4v) is 4.43. The molecule has 1 saturated carbocycles. The van der Waals surface area contributed by atoms with Crippen LogP contribution in [-0.2, 0) is 4.79 Å². The van der Waals surface area contributed by atoms with Crippen LogP contribution in [0.4, 0.5) is 5.69 Å². The van der Waals surface area contributed by atoms with Crippen LogP contribution in [0.3, 0.4) is 0 Å². The van der Waals surface area contributed by atoms with Crippen molar-refractivity contribution in [1.82, 2.24) is 5.32 Å². The van der Waals surface area contributed by atoms with Crippen molar-refractivity contribution in [1.29, 1.82) is 0 Å². The smallest absolute Gasteiger partial charge is 0.225 e. The van der Waals surface area contributed by atoms with Crippen molar-refractivity contribution in [2.24, 2.45) is 11.7 Å².